The molecule has 0 bridgehead atoms. The average Bonchev–Trinajstić information content (AvgIpc) is 2.39. The molecule has 0 spiro atoms. The molecule has 0 aliphatic carbocycles. The van der Waals surface area contributed by atoms with Crippen LogP contribution in [0.1, 0.15) is 25.0 Å². The summed E-state index contributed by atoms with van der Waals surface area (Å²) < 4.78 is 0. The van der Waals surface area contributed by atoms with Crippen LogP contribution in [0.15, 0.2) is 24.3 Å². The Kier molecular flexibility index (Phi) is 3.82. The normalized spacial score (nSPS) is 10.9. The molecule has 1 heterocycles. The molecular weight excluding hydrogens is 222 g/mol. The topological polar surface area (TPSA) is 42.1 Å². The summed E-state index contributed by atoms with van der Waals surface area (Å²) in [7, 11) is 0. The summed E-state index contributed by atoms with van der Waals surface area (Å²) in [6.07, 6.45) is 0. The Morgan fingerprint density at radius 3 is 2.50 bits per heavy atom. The Morgan fingerprint density at radius 1 is 1.17 bits per heavy atom. The Hall–Kier alpha value is -1.61. The van der Waals surface area contributed by atoms with E-state index in [2.05, 4.69) is 49.9 Å². The number of fused-ring (bicyclic) bond motifs is 1. The highest BCUT2D eigenvalue weighted by atomic mass is 15.2. The van der Waals surface area contributed by atoms with Gasteiger partial charge in [0.1, 0.15) is 5.82 Å². The lowest BCUT2D eigenvalue weighted by Crippen LogP contribution is -2.23. The molecule has 0 unspecified atom stereocenters. The summed E-state index contributed by atoms with van der Waals surface area (Å²) in [6, 6.07) is 8.45. The zero-order valence-electron chi connectivity index (χ0n) is 11.4. The van der Waals surface area contributed by atoms with Gasteiger partial charge >= 0.3 is 0 Å². The Balaban J connectivity index is 2.58. The van der Waals surface area contributed by atoms with Crippen molar-refractivity contribution in [3.63, 3.8) is 0 Å². The number of hydrogen-bond acceptors (Lipinski definition) is 3. The van der Waals surface area contributed by atoms with E-state index in [1.807, 2.05) is 0 Å². The maximum absolute atomic E-state index is 5.69. The van der Waals surface area contributed by atoms with E-state index in [1.165, 1.54) is 10.9 Å². The standard InChI is InChI=1S/C15H21N3/c1-4-18(5-2)15-8-11(3)13-7-6-12(10-16)9-14(13)17-15/h6-9H,4-5,10,16H2,1-3H3. The Bertz CT molecular complexity index is 545. The summed E-state index contributed by atoms with van der Waals surface area (Å²) in [5.74, 6) is 1.05. The fourth-order valence-electron chi connectivity index (χ4n) is 2.27. The lowest BCUT2D eigenvalue weighted by atomic mass is 10.1. The molecule has 0 radical (unpaired) electrons. The van der Waals surface area contributed by atoms with Crippen molar-refractivity contribution in [3.05, 3.63) is 35.4 Å². The van der Waals surface area contributed by atoms with Gasteiger partial charge in [-0.15, -0.1) is 0 Å². The third-order valence-corrected chi connectivity index (χ3v) is 3.39. The minimum absolute atomic E-state index is 0.562. The number of aryl methyl sites for hydroxylation is 1. The van der Waals surface area contributed by atoms with Crippen LogP contribution in [0.2, 0.25) is 0 Å². The number of aromatic nitrogens is 1. The highest BCUT2D eigenvalue weighted by molar-refractivity contribution is 5.84. The minimum atomic E-state index is 0.562. The molecule has 0 saturated carbocycles. The van der Waals surface area contributed by atoms with Crippen LogP contribution in [0, 0.1) is 6.92 Å². The molecule has 3 nitrogen and oxygen atoms in total. The first-order valence-corrected chi connectivity index (χ1v) is 6.54. The first kappa shape index (κ1) is 12.8. The Labute approximate surface area is 109 Å². The van der Waals surface area contributed by atoms with Gasteiger partial charge in [0, 0.05) is 25.0 Å². The molecule has 2 rings (SSSR count). The number of nitrogens with zero attached hydrogens (tertiary/aromatic N) is 2. The van der Waals surface area contributed by atoms with Gasteiger partial charge in [0.2, 0.25) is 0 Å². The van der Waals surface area contributed by atoms with Gasteiger partial charge in [-0.1, -0.05) is 12.1 Å². The maximum atomic E-state index is 5.69. The number of hydrogen-bond donors (Lipinski definition) is 1. The number of anilines is 1. The molecule has 0 fully saturated rings. The molecule has 18 heavy (non-hydrogen) atoms. The lowest BCUT2D eigenvalue weighted by molar-refractivity contribution is 0.849. The molecule has 1 aromatic heterocycles. The van der Waals surface area contributed by atoms with Crippen LogP contribution in [0.4, 0.5) is 5.82 Å². The smallest absolute Gasteiger partial charge is 0.129 e. The predicted octanol–water partition coefficient (Wildman–Crippen LogP) is 2.85. The van der Waals surface area contributed by atoms with Gasteiger partial charge < -0.3 is 10.6 Å². The van der Waals surface area contributed by atoms with E-state index in [9.17, 15) is 0 Å². The first-order chi connectivity index (χ1) is 8.69. The van der Waals surface area contributed by atoms with E-state index in [0.29, 0.717) is 6.54 Å². The molecule has 1 aromatic carbocycles. The van der Waals surface area contributed by atoms with E-state index >= 15 is 0 Å². The van der Waals surface area contributed by atoms with Crippen LogP contribution < -0.4 is 10.6 Å². The largest absolute Gasteiger partial charge is 0.357 e. The van der Waals surface area contributed by atoms with E-state index in [1.54, 1.807) is 0 Å². The third-order valence-electron chi connectivity index (χ3n) is 3.39. The second kappa shape index (κ2) is 5.36. The number of nitrogens with two attached hydrogens (primary N) is 1. The molecule has 2 N–H and O–H groups in total. The molecule has 0 amide bonds. The van der Waals surface area contributed by atoms with E-state index in [4.69, 9.17) is 10.7 Å². The van der Waals surface area contributed by atoms with Crippen molar-refractivity contribution in [2.75, 3.05) is 18.0 Å². The van der Waals surface area contributed by atoms with Gasteiger partial charge in [-0.3, -0.25) is 0 Å². The van der Waals surface area contributed by atoms with Crippen molar-refractivity contribution in [2.45, 2.75) is 27.3 Å². The van der Waals surface area contributed by atoms with Crippen LogP contribution in [-0.4, -0.2) is 18.1 Å². The Morgan fingerprint density at radius 2 is 1.89 bits per heavy atom. The molecule has 96 valence electrons. The molecule has 0 aliphatic heterocycles. The summed E-state index contributed by atoms with van der Waals surface area (Å²) in [4.78, 5) is 7.02. The number of benzene rings is 1. The highest BCUT2D eigenvalue weighted by Gasteiger charge is 2.07. The van der Waals surface area contributed by atoms with Gasteiger partial charge in [0.05, 0.1) is 5.52 Å². The second-order valence-electron chi connectivity index (χ2n) is 4.53. The van der Waals surface area contributed by atoms with Gasteiger partial charge in [0.25, 0.3) is 0 Å². The SMILES string of the molecule is CCN(CC)c1cc(C)c2ccc(CN)cc2n1. The van der Waals surface area contributed by atoms with Crippen LogP contribution >= 0.6 is 0 Å². The third kappa shape index (κ3) is 2.31. The van der Waals surface area contributed by atoms with Crippen LogP contribution in [-0.2, 0) is 6.54 Å². The first-order valence-electron chi connectivity index (χ1n) is 6.54. The summed E-state index contributed by atoms with van der Waals surface area (Å²) in [6.45, 7) is 8.96. The number of pyridine rings is 1. The molecule has 0 aliphatic rings. The van der Waals surface area contributed by atoms with E-state index in [-0.39, 0.29) is 0 Å². The van der Waals surface area contributed by atoms with E-state index in [0.717, 1.165) is 30.0 Å². The molecule has 0 atom stereocenters. The lowest BCUT2D eigenvalue weighted by Gasteiger charge is -2.21. The van der Waals surface area contributed by atoms with Gasteiger partial charge in [-0.25, -0.2) is 4.98 Å². The van der Waals surface area contributed by atoms with Gasteiger partial charge in [-0.2, -0.15) is 0 Å². The van der Waals surface area contributed by atoms with Gasteiger partial charge in [-0.05, 0) is 44.0 Å². The minimum Gasteiger partial charge on any atom is -0.357 e. The van der Waals surface area contributed by atoms with Crippen molar-refractivity contribution in [1.82, 2.24) is 4.98 Å². The fraction of sp³-hybridized carbons (Fsp3) is 0.400. The second-order valence-corrected chi connectivity index (χ2v) is 4.53. The van der Waals surface area contributed by atoms with Crippen molar-refractivity contribution in [3.8, 4) is 0 Å². The molecular formula is C15H21N3. The number of rotatable bonds is 4. The average molecular weight is 243 g/mol. The molecule has 3 heteroatoms. The summed E-state index contributed by atoms with van der Waals surface area (Å²) >= 11 is 0. The molecule has 2 aromatic rings. The fourth-order valence-corrected chi connectivity index (χ4v) is 2.27. The predicted molar refractivity (Wildman–Crippen MR) is 77.9 cm³/mol. The zero-order valence-corrected chi connectivity index (χ0v) is 11.4. The van der Waals surface area contributed by atoms with Crippen molar-refractivity contribution in [2.24, 2.45) is 5.73 Å². The zero-order chi connectivity index (χ0) is 13.1. The monoisotopic (exact) mass is 243 g/mol. The summed E-state index contributed by atoms with van der Waals surface area (Å²) in [5.41, 5.74) is 9.13. The van der Waals surface area contributed by atoms with Crippen molar-refractivity contribution in [1.29, 1.82) is 0 Å². The highest BCUT2D eigenvalue weighted by Crippen LogP contribution is 2.23. The quantitative estimate of drug-likeness (QED) is 0.898. The van der Waals surface area contributed by atoms with Crippen LogP contribution in [0.25, 0.3) is 10.9 Å². The van der Waals surface area contributed by atoms with Crippen LogP contribution in [0.5, 0.6) is 0 Å². The van der Waals surface area contributed by atoms with Crippen LogP contribution in [0.3, 0.4) is 0 Å². The molecule has 0 saturated heterocycles. The van der Waals surface area contributed by atoms with Gasteiger partial charge in [0.15, 0.2) is 0 Å². The summed E-state index contributed by atoms with van der Waals surface area (Å²) in [5, 5.41) is 1.21. The maximum Gasteiger partial charge on any atom is 0.129 e. The van der Waals surface area contributed by atoms with Crippen molar-refractivity contribution >= 4 is 16.7 Å². The van der Waals surface area contributed by atoms with Crippen molar-refractivity contribution < 1.29 is 0 Å². The van der Waals surface area contributed by atoms with E-state index < -0.39 is 0 Å².